The number of H-pyrrole nitrogens is 1. The van der Waals surface area contributed by atoms with Crippen LogP contribution in [0, 0.1) is 6.92 Å². The molecule has 2 atom stereocenters. The number of carbonyl (C=O) groups is 2. The average molecular weight is 437 g/mol. The first-order valence-electron chi connectivity index (χ1n) is 8.26. The zero-order valence-corrected chi connectivity index (χ0v) is 16.9. The Balaban J connectivity index is 2.06. The molecule has 2 N–H and O–H groups in total. The van der Waals surface area contributed by atoms with E-state index in [1.165, 1.54) is 0 Å². The summed E-state index contributed by atoms with van der Waals surface area (Å²) in [5, 5.41) is 3.32. The van der Waals surface area contributed by atoms with Crippen molar-refractivity contribution in [3.05, 3.63) is 20.9 Å². The summed E-state index contributed by atoms with van der Waals surface area (Å²) in [5.74, 6) is -0.293. The average Bonchev–Trinajstić information content (AvgIpc) is 2.84. The summed E-state index contributed by atoms with van der Waals surface area (Å²) in [4.78, 5) is 29.1. The van der Waals surface area contributed by atoms with E-state index in [1.807, 2.05) is 13.8 Å². The highest BCUT2D eigenvalue weighted by atomic mass is 79.9. The van der Waals surface area contributed by atoms with Crippen LogP contribution in [0.4, 0.5) is 4.79 Å². The highest BCUT2D eigenvalue weighted by Gasteiger charge is 2.34. The molecule has 1 aromatic rings. The molecule has 1 aliphatic heterocycles. The number of ether oxygens (including phenoxy) is 2. The number of carbonyl (C=O) groups excluding carboxylic acids is 2. The minimum Gasteiger partial charge on any atom is -0.450 e. The van der Waals surface area contributed by atoms with Crippen molar-refractivity contribution in [1.29, 1.82) is 0 Å². The van der Waals surface area contributed by atoms with Gasteiger partial charge in [0.2, 0.25) is 0 Å². The maximum absolute atomic E-state index is 12.6. The van der Waals surface area contributed by atoms with Gasteiger partial charge in [-0.3, -0.25) is 4.79 Å². The van der Waals surface area contributed by atoms with E-state index < -0.39 is 0 Å². The van der Waals surface area contributed by atoms with Crippen LogP contribution in [0.5, 0.6) is 0 Å². The molecule has 1 saturated heterocycles. The van der Waals surface area contributed by atoms with Gasteiger partial charge in [0, 0.05) is 18.8 Å². The number of aromatic amines is 1. The molecule has 0 radical (unpaired) electrons. The van der Waals surface area contributed by atoms with E-state index in [2.05, 4.69) is 26.2 Å². The molecule has 2 heterocycles. The topological polar surface area (TPSA) is 83.7 Å². The van der Waals surface area contributed by atoms with E-state index in [1.54, 1.807) is 11.8 Å². The lowest BCUT2D eigenvalue weighted by Gasteiger charge is -2.37. The van der Waals surface area contributed by atoms with Crippen molar-refractivity contribution in [3.63, 3.8) is 0 Å². The van der Waals surface area contributed by atoms with Crippen LogP contribution in [0.15, 0.2) is 4.47 Å². The van der Waals surface area contributed by atoms with Crippen molar-refractivity contribution < 1.29 is 19.1 Å². The lowest BCUT2D eigenvalue weighted by atomic mass is 10.0. The molecule has 1 aromatic heterocycles. The van der Waals surface area contributed by atoms with Crippen molar-refractivity contribution in [2.45, 2.75) is 39.3 Å². The largest absolute Gasteiger partial charge is 0.450 e. The molecule has 25 heavy (non-hydrogen) atoms. The van der Waals surface area contributed by atoms with Gasteiger partial charge in [-0.1, -0.05) is 11.6 Å². The van der Waals surface area contributed by atoms with Gasteiger partial charge < -0.3 is 24.7 Å². The fraction of sp³-hybridized carbons (Fsp3) is 0.625. The van der Waals surface area contributed by atoms with E-state index in [4.69, 9.17) is 21.1 Å². The van der Waals surface area contributed by atoms with Crippen LogP contribution in [0.25, 0.3) is 0 Å². The number of hydrogen-bond donors (Lipinski definition) is 2. The normalized spacial score (nSPS) is 20.4. The minimum absolute atomic E-state index is 0.212. The highest BCUT2D eigenvalue weighted by Crippen LogP contribution is 2.29. The van der Waals surface area contributed by atoms with E-state index in [0.717, 1.165) is 5.69 Å². The Hall–Kier alpha value is -1.25. The first-order valence-corrected chi connectivity index (χ1v) is 9.43. The van der Waals surface area contributed by atoms with Gasteiger partial charge in [0.15, 0.2) is 0 Å². The Morgan fingerprint density at radius 3 is 2.68 bits per heavy atom. The predicted octanol–water partition coefficient (Wildman–Crippen LogP) is 3.10. The first-order chi connectivity index (χ1) is 11.9. The van der Waals surface area contributed by atoms with Crippen LogP contribution in [0.2, 0.25) is 5.02 Å². The molecule has 140 valence electrons. The fourth-order valence-electron chi connectivity index (χ4n) is 2.81. The second kappa shape index (κ2) is 8.91. The van der Waals surface area contributed by atoms with Crippen LogP contribution in [0.3, 0.4) is 0 Å². The second-order valence-corrected chi connectivity index (χ2v) is 6.93. The van der Waals surface area contributed by atoms with Crippen LogP contribution < -0.4 is 5.32 Å². The molecular formula is C16H23BrClN3O4. The van der Waals surface area contributed by atoms with Gasteiger partial charge in [-0.05, 0) is 43.1 Å². The highest BCUT2D eigenvalue weighted by molar-refractivity contribution is 9.10. The lowest BCUT2D eigenvalue weighted by molar-refractivity contribution is -0.0151. The molecule has 0 aromatic carbocycles. The first kappa shape index (κ1) is 20.1. The summed E-state index contributed by atoms with van der Waals surface area (Å²) in [5.41, 5.74) is 1.10. The Bertz CT molecular complexity index is 637. The molecule has 0 saturated carbocycles. The maximum atomic E-state index is 12.6. The molecule has 0 bridgehead atoms. The Kier molecular flexibility index (Phi) is 7.15. The smallest absolute Gasteiger partial charge is 0.409 e. The van der Waals surface area contributed by atoms with Crippen LogP contribution >= 0.6 is 27.5 Å². The number of aromatic nitrogens is 1. The summed E-state index contributed by atoms with van der Waals surface area (Å²) < 4.78 is 11.5. The third-order valence-corrected chi connectivity index (χ3v) is 5.66. The number of nitrogens with zero attached hydrogens (tertiary/aromatic N) is 1. The molecule has 1 aliphatic rings. The number of nitrogens with one attached hydrogen (secondary N) is 2. The number of piperidine rings is 1. The number of rotatable bonds is 5. The molecule has 2 amide bonds. The molecule has 7 nitrogen and oxygen atoms in total. The quantitative estimate of drug-likeness (QED) is 0.743. The van der Waals surface area contributed by atoms with Crippen LogP contribution in [-0.2, 0) is 9.47 Å². The van der Waals surface area contributed by atoms with Gasteiger partial charge in [0.1, 0.15) is 5.69 Å². The molecule has 0 spiro atoms. The van der Waals surface area contributed by atoms with Crippen molar-refractivity contribution >= 4 is 39.5 Å². The van der Waals surface area contributed by atoms with Crippen molar-refractivity contribution in [3.8, 4) is 0 Å². The monoisotopic (exact) mass is 435 g/mol. The lowest BCUT2D eigenvalue weighted by Crippen LogP contribution is -2.56. The van der Waals surface area contributed by atoms with E-state index >= 15 is 0 Å². The fourth-order valence-corrected chi connectivity index (χ4v) is 3.39. The van der Waals surface area contributed by atoms with Crippen molar-refractivity contribution in [2.75, 3.05) is 26.3 Å². The summed E-state index contributed by atoms with van der Waals surface area (Å²) in [6, 6.07) is -0.212. The Morgan fingerprint density at radius 1 is 1.40 bits per heavy atom. The van der Waals surface area contributed by atoms with Gasteiger partial charge in [0.25, 0.3) is 5.91 Å². The van der Waals surface area contributed by atoms with Gasteiger partial charge in [-0.15, -0.1) is 0 Å². The number of likely N-dealkylation sites (tertiary alicyclic amines) is 1. The molecular weight excluding hydrogens is 414 g/mol. The van der Waals surface area contributed by atoms with Crippen molar-refractivity contribution in [2.24, 2.45) is 0 Å². The van der Waals surface area contributed by atoms with Crippen LogP contribution in [0.1, 0.15) is 36.5 Å². The number of halogens is 2. The van der Waals surface area contributed by atoms with Gasteiger partial charge in [0.05, 0.1) is 34.8 Å². The summed E-state index contributed by atoms with van der Waals surface area (Å²) in [6.07, 6.45) is -0.0809. The number of hydrogen-bond acceptors (Lipinski definition) is 4. The molecule has 0 aliphatic carbocycles. The summed E-state index contributed by atoms with van der Waals surface area (Å²) >= 11 is 9.53. The molecule has 1 fully saturated rings. The second-order valence-electron chi connectivity index (χ2n) is 5.76. The molecule has 2 rings (SSSR count). The Labute approximate surface area is 160 Å². The SMILES string of the molecule is CCOC(=O)N1CC[C@@H](NC(=O)c2[nH]c(C)c(Br)c2Cl)[C@@H](OCC)C1. The zero-order chi connectivity index (χ0) is 18.6. The molecule has 0 unspecified atom stereocenters. The zero-order valence-electron chi connectivity index (χ0n) is 14.5. The van der Waals surface area contributed by atoms with Gasteiger partial charge in [-0.2, -0.15) is 0 Å². The van der Waals surface area contributed by atoms with Crippen LogP contribution in [-0.4, -0.2) is 60.3 Å². The van der Waals surface area contributed by atoms with Gasteiger partial charge in [-0.25, -0.2) is 4.79 Å². The molecule has 9 heteroatoms. The van der Waals surface area contributed by atoms with E-state index in [0.29, 0.717) is 47.9 Å². The number of aryl methyl sites for hydroxylation is 1. The van der Waals surface area contributed by atoms with Gasteiger partial charge >= 0.3 is 6.09 Å². The maximum Gasteiger partial charge on any atom is 0.409 e. The third kappa shape index (κ3) is 4.68. The predicted molar refractivity (Wildman–Crippen MR) is 98.1 cm³/mol. The summed E-state index contributed by atoms with van der Waals surface area (Å²) in [7, 11) is 0. The standard InChI is InChI=1S/C16H23BrClN3O4/c1-4-24-11-8-21(16(23)25-5-2)7-6-10(11)20-15(22)14-13(18)12(17)9(3)19-14/h10-11,19H,4-8H2,1-3H3,(H,20,22)/t10-,11+/m1/s1. The third-order valence-electron chi connectivity index (χ3n) is 4.06. The van der Waals surface area contributed by atoms with E-state index in [-0.39, 0.29) is 24.1 Å². The van der Waals surface area contributed by atoms with E-state index in [9.17, 15) is 9.59 Å². The van der Waals surface area contributed by atoms with Crippen molar-refractivity contribution in [1.82, 2.24) is 15.2 Å². The Morgan fingerprint density at radius 2 is 2.12 bits per heavy atom. The number of amides is 2. The summed E-state index contributed by atoms with van der Waals surface area (Å²) in [6.45, 7) is 7.16. The minimum atomic E-state index is -0.357.